The molecular weight excluding hydrogens is 382 g/mol. The quantitative estimate of drug-likeness (QED) is 0.412. The van der Waals surface area contributed by atoms with Crippen LogP contribution in [0.5, 0.6) is 5.75 Å². The molecule has 5 nitrogen and oxygen atoms in total. The van der Waals surface area contributed by atoms with Crippen molar-refractivity contribution in [2.45, 2.75) is 30.8 Å². The normalized spacial score (nSPS) is 12.0. The van der Waals surface area contributed by atoms with E-state index in [0.717, 1.165) is 22.3 Å². The highest BCUT2D eigenvalue weighted by Crippen LogP contribution is 2.29. The topological polar surface area (TPSA) is 57.0 Å². The first-order valence-electron chi connectivity index (χ1n) is 8.57. The Bertz CT molecular complexity index is 923. The van der Waals surface area contributed by atoms with Gasteiger partial charge in [-0.15, -0.1) is 10.2 Å². The number of hydrogen-bond donors (Lipinski definition) is 0. The van der Waals surface area contributed by atoms with Crippen molar-refractivity contribution >= 4 is 29.1 Å². The van der Waals surface area contributed by atoms with Crippen LogP contribution in [0.1, 0.15) is 24.2 Å². The van der Waals surface area contributed by atoms with Gasteiger partial charge in [0.05, 0.1) is 12.4 Å². The molecule has 1 atom stereocenters. The number of carbonyl (C=O) groups excluding carboxylic acids is 1. The van der Waals surface area contributed by atoms with E-state index in [1.54, 1.807) is 31.4 Å². The van der Waals surface area contributed by atoms with E-state index in [1.165, 1.54) is 11.8 Å². The summed E-state index contributed by atoms with van der Waals surface area (Å²) in [6, 6.07) is 14.6. The number of aromatic nitrogens is 3. The van der Waals surface area contributed by atoms with Crippen LogP contribution in [0, 0.1) is 0 Å². The molecule has 1 aromatic heterocycles. The Balaban J connectivity index is 1.81. The molecule has 1 heterocycles. The first-order chi connectivity index (χ1) is 13.0. The van der Waals surface area contributed by atoms with Crippen molar-refractivity contribution < 1.29 is 9.53 Å². The molecule has 140 valence electrons. The Morgan fingerprint density at radius 3 is 2.41 bits per heavy atom. The molecule has 0 aliphatic carbocycles. The molecule has 2 aromatic carbocycles. The molecule has 0 saturated carbocycles. The highest BCUT2D eigenvalue weighted by atomic mass is 35.5. The largest absolute Gasteiger partial charge is 0.497 e. The summed E-state index contributed by atoms with van der Waals surface area (Å²) in [5.41, 5.74) is 1.59. The molecule has 0 fully saturated rings. The van der Waals surface area contributed by atoms with Crippen LogP contribution in [0.4, 0.5) is 0 Å². The number of benzene rings is 2. The predicted octanol–water partition coefficient (Wildman–Crippen LogP) is 4.99. The lowest BCUT2D eigenvalue weighted by atomic mass is 10.1. The van der Waals surface area contributed by atoms with Gasteiger partial charge in [0.15, 0.2) is 16.8 Å². The third-order valence-electron chi connectivity index (χ3n) is 4.16. The smallest absolute Gasteiger partial charge is 0.192 e. The predicted molar refractivity (Wildman–Crippen MR) is 109 cm³/mol. The Labute approximate surface area is 167 Å². The van der Waals surface area contributed by atoms with Crippen molar-refractivity contribution in [3.05, 3.63) is 59.1 Å². The fourth-order valence-electron chi connectivity index (χ4n) is 2.68. The van der Waals surface area contributed by atoms with E-state index in [0.29, 0.717) is 17.1 Å². The molecule has 0 saturated heterocycles. The van der Waals surface area contributed by atoms with Crippen LogP contribution in [-0.2, 0) is 6.54 Å². The second-order valence-electron chi connectivity index (χ2n) is 5.91. The van der Waals surface area contributed by atoms with Crippen molar-refractivity contribution in [2.24, 2.45) is 0 Å². The Hall–Kier alpha value is -2.31. The number of ketones is 1. The van der Waals surface area contributed by atoms with Crippen LogP contribution >= 0.6 is 23.4 Å². The van der Waals surface area contributed by atoms with E-state index in [2.05, 4.69) is 10.2 Å². The minimum absolute atomic E-state index is 0.0355. The maximum absolute atomic E-state index is 12.7. The van der Waals surface area contributed by atoms with Crippen LogP contribution in [-0.4, -0.2) is 32.9 Å². The summed E-state index contributed by atoms with van der Waals surface area (Å²) in [7, 11) is 1.64. The molecule has 27 heavy (non-hydrogen) atoms. The summed E-state index contributed by atoms with van der Waals surface area (Å²) < 4.78 is 7.21. The monoisotopic (exact) mass is 401 g/mol. The first kappa shape index (κ1) is 19.5. The van der Waals surface area contributed by atoms with Gasteiger partial charge in [0, 0.05) is 22.7 Å². The van der Waals surface area contributed by atoms with E-state index in [1.807, 2.05) is 42.7 Å². The van der Waals surface area contributed by atoms with Gasteiger partial charge >= 0.3 is 0 Å². The summed E-state index contributed by atoms with van der Waals surface area (Å²) in [4.78, 5) is 12.7. The average molecular weight is 402 g/mol. The Morgan fingerprint density at radius 1 is 1.15 bits per heavy atom. The van der Waals surface area contributed by atoms with E-state index in [9.17, 15) is 4.79 Å². The number of rotatable bonds is 7. The van der Waals surface area contributed by atoms with E-state index in [4.69, 9.17) is 16.3 Å². The minimum atomic E-state index is -0.288. The van der Waals surface area contributed by atoms with E-state index < -0.39 is 0 Å². The van der Waals surface area contributed by atoms with Crippen molar-refractivity contribution in [3.63, 3.8) is 0 Å². The molecule has 0 aliphatic heterocycles. The van der Waals surface area contributed by atoms with Crippen molar-refractivity contribution in [1.82, 2.24) is 14.8 Å². The van der Waals surface area contributed by atoms with Gasteiger partial charge < -0.3 is 9.30 Å². The lowest BCUT2D eigenvalue weighted by Crippen LogP contribution is -2.14. The molecule has 0 bridgehead atoms. The number of hydrogen-bond acceptors (Lipinski definition) is 5. The van der Waals surface area contributed by atoms with E-state index in [-0.39, 0.29) is 11.0 Å². The fourth-order valence-corrected chi connectivity index (χ4v) is 3.79. The molecule has 0 unspecified atom stereocenters. The number of nitrogens with zero attached hydrogens (tertiary/aromatic N) is 3. The zero-order valence-electron chi connectivity index (χ0n) is 15.3. The lowest BCUT2D eigenvalue weighted by Gasteiger charge is -2.12. The average Bonchev–Trinajstić information content (AvgIpc) is 3.10. The number of thioether (sulfide) groups is 1. The number of Topliss-reactive ketones (excluding diaryl/α,β-unsaturated/α-hetero) is 1. The molecule has 0 spiro atoms. The molecule has 3 aromatic rings. The lowest BCUT2D eigenvalue weighted by molar-refractivity contribution is 0.0994. The number of methoxy groups -OCH3 is 1. The molecule has 0 radical (unpaired) electrons. The van der Waals surface area contributed by atoms with Crippen molar-refractivity contribution in [3.8, 4) is 17.1 Å². The number of halogens is 1. The van der Waals surface area contributed by atoms with Crippen molar-refractivity contribution in [1.29, 1.82) is 0 Å². The highest BCUT2D eigenvalue weighted by molar-refractivity contribution is 8.00. The van der Waals surface area contributed by atoms with Gasteiger partial charge in [0.1, 0.15) is 5.75 Å². The second-order valence-corrected chi connectivity index (χ2v) is 7.65. The SMILES string of the molecule is CCn1c(S[C@@H](C)C(=O)c2ccc(Cl)cc2)nnc1-c1ccc(OC)cc1. The zero-order valence-corrected chi connectivity index (χ0v) is 16.9. The minimum Gasteiger partial charge on any atom is -0.497 e. The van der Waals surface area contributed by atoms with E-state index >= 15 is 0 Å². The standard InChI is InChI=1S/C20H20ClN3O2S/c1-4-24-19(15-7-11-17(26-3)12-8-15)22-23-20(24)27-13(2)18(25)14-5-9-16(21)10-6-14/h5-13H,4H2,1-3H3/t13-/m0/s1. The highest BCUT2D eigenvalue weighted by Gasteiger charge is 2.21. The van der Waals surface area contributed by atoms with Crippen LogP contribution in [0.3, 0.4) is 0 Å². The first-order valence-corrected chi connectivity index (χ1v) is 9.83. The number of ether oxygens (including phenoxy) is 1. The van der Waals surface area contributed by atoms with Crippen LogP contribution in [0.2, 0.25) is 5.02 Å². The van der Waals surface area contributed by atoms with Gasteiger partial charge in [-0.25, -0.2) is 0 Å². The maximum atomic E-state index is 12.7. The third-order valence-corrected chi connectivity index (χ3v) is 5.49. The number of carbonyl (C=O) groups is 1. The van der Waals surface area contributed by atoms with Crippen LogP contribution < -0.4 is 4.74 Å². The molecule has 3 rings (SSSR count). The van der Waals surface area contributed by atoms with Crippen molar-refractivity contribution in [2.75, 3.05) is 7.11 Å². The summed E-state index contributed by atoms with van der Waals surface area (Å²) in [5, 5.41) is 9.69. The fraction of sp³-hybridized carbons (Fsp3) is 0.250. The van der Waals surface area contributed by atoms with Gasteiger partial charge in [-0.3, -0.25) is 4.79 Å². The molecule has 0 N–H and O–H groups in total. The van der Waals surface area contributed by atoms with Gasteiger partial charge in [-0.2, -0.15) is 0 Å². The molecular formula is C20H20ClN3O2S. The van der Waals surface area contributed by atoms with Gasteiger partial charge in [-0.05, 0) is 62.4 Å². The second kappa shape index (κ2) is 8.59. The summed E-state index contributed by atoms with van der Waals surface area (Å²) in [6.45, 7) is 4.62. The summed E-state index contributed by atoms with van der Waals surface area (Å²) >= 11 is 7.31. The third kappa shape index (κ3) is 4.34. The van der Waals surface area contributed by atoms with Gasteiger partial charge in [0.25, 0.3) is 0 Å². The molecule has 0 amide bonds. The van der Waals surface area contributed by atoms with Gasteiger partial charge in [-0.1, -0.05) is 23.4 Å². The summed E-state index contributed by atoms with van der Waals surface area (Å²) in [5.74, 6) is 1.60. The molecule has 0 aliphatic rings. The maximum Gasteiger partial charge on any atom is 0.192 e. The Morgan fingerprint density at radius 2 is 1.81 bits per heavy atom. The van der Waals surface area contributed by atoms with Gasteiger partial charge in [0.2, 0.25) is 0 Å². The molecule has 7 heteroatoms. The Kier molecular flexibility index (Phi) is 6.19. The zero-order chi connectivity index (χ0) is 19.4. The van der Waals surface area contributed by atoms with Crippen LogP contribution in [0.25, 0.3) is 11.4 Å². The summed E-state index contributed by atoms with van der Waals surface area (Å²) in [6.07, 6.45) is 0. The van der Waals surface area contributed by atoms with Crippen LogP contribution in [0.15, 0.2) is 53.7 Å².